The predicted molar refractivity (Wildman–Crippen MR) is 59.5 cm³/mol. The summed E-state index contributed by atoms with van der Waals surface area (Å²) in [4.78, 5) is 4.16. The van der Waals surface area contributed by atoms with Crippen molar-refractivity contribution in [2.45, 2.75) is 25.0 Å². The number of rotatable bonds is 2. The molecule has 1 aromatic carbocycles. The van der Waals surface area contributed by atoms with Crippen LogP contribution >= 0.6 is 0 Å². The fraction of sp³-hybridized carbons (Fsp3) is 0.417. The largest absolute Gasteiger partial charge is 0.490 e. The minimum Gasteiger partial charge on any atom is -0.490 e. The van der Waals surface area contributed by atoms with Crippen LogP contribution in [0, 0.1) is 0 Å². The Labute approximate surface area is 89.2 Å². The zero-order valence-electron chi connectivity index (χ0n) is 8.52. The molecule has 1 N–H and O–H groups in total. The van der Waals surface area contributed by atoms with Crippen molar-refractivity contribution in [2.75, 3.05) is 6.54 Å². The van der Waals surface area contributed by atoms with Gasteiger partial charge < -0.3 is 10.1 Å². The number of nitrogens with one attached hydrogen (secondary N) is 1. The highest BCUT2D eigenvalue weighted by Crippen LogP contribution is 2.29. The van der Waals surface area contributed by atoms with Crippen molar-refractivity contribution in [2.24, 2.45) is 4.99 Å². The van der Waals surface area contributed by atoms with Gasteiger partial charge in [0.25, 0.3) is 0 Å². The fourth-order valence-electron chi connectivity index (χ4n) is 2.24. The molecule has 2 aliphatic rings. The molecule has 2 aliphatic heterocycles. The molecule has 1 aromatic rings. The van der Waals surface area contributed by atoms with Gasteiger partial charge in [-0.05, 0) is 11.6 Å². The Morgan fingerprint density at radius 3 is 3.13 bits per heavy atom. The number of aliphatic imine (C=N–C) groups is 1. The molecule has 78 valence electrons. The molecule has 15 heavy (non-hydrogen) atoms. The second-order valence-corrected chi connectivity index (χ2v) is 4.15. The molecule has 3 nitrogen and oxygen atoms in total. The first-order chi connectivity index (χ1) is 7.42. The monoisotopic (exact) mass is 202 g/mol. The Hall–Kier alpha value is -1.51. The van der Waals surface area contributed by atoms with Crippen LogP contribution < -0.4 is 10.1 Å². The lowest BCUT2D eigenvalue weighted by Crippen LogP contribution is -2.31. The van der Waals surface area contributed by atoms with Crippen molar-refractivity contribution in [1.29, 1.82) is 0 Å². The first-order valence-corrected chi connectivity index (χ1v) is 5.41. The molecular formula is C12H14N2O. The Balaban J connectivity index is 1.63. The third-order valence-electron chi connectivity index (χ3n) is 2.99. The van der Waals surface area contributed by atoms with Crippen molar-refractivity contribution < 1.29 is 4.74 Å². The van der Waals surface area contributed by atoms with Crippen molar-refractivity contribution in [3.63, 3.8) is 0 Å². The summed E-state index contributed by atoms with van der Waals surface area (Å²) < 4.78 is 5.87. The van der Waals surface area contributed by atoms with Gasteiger partial charge in [0.15, 0.2) is 0 Å². The maximum absolute atomic E-state index is 5.87. The maximum atomic E-state index is 5.87. The van der Waals surface area contributed by atoms with Gasteiger partial charge in [0.05, 0.1) is 18.9 Å². The zero-order valence-corrected chi connectivity index (χ0v) is 8.52. The first-order valence-electron chi connectivity index (χ1n) is 5.41. The van der Waals surface area contributed by atoms with Crippen LogP contribution in [-0.2, 0) is 6.42 Å². The Kier molecular flexibility index (Phi) is 2.09. The van der Waals surface area contributed by atoms with Crippen LogP contribution in [0.5, 0.6) is 5.75 Å². The van der Waals surface area contributed by atoms with Gasteiger partial charge in [-0.15, -0.1) is 0 Å². The van der Waals surface area contributed by atoms with E-state index in [0.717, 1.165) is 25.1 Å². The summed E-state index contributed by atoms with van der Waals surface area (Å²) in [6, 6.07) is 8.76. The van der Waals surface area contributed by atoms with Crippen LogP contribution in [0.25, 0.3) is 0 Å². The Bertz CT molecular complexity index is 356. The lowest BCUT2D eigenvalue weighted by Gasteiger charge is -2.15. The molecule has 0 aliphatic carbocycles. The highest BCUT2D eigenvalue weighted by molar-refractivity contribution is 5.57. The molecule has 2 atom stereocenters. The summed E-state index contributed by atoms with van der Waals surface area (Å²) >= 11 is 0. The molecule has 0 saturated carbocycles. The summed E-state index contributed by atoms with van der Waals surface area (Å²) in [7, 11) is 0. The molecule has 0 aromatic heterocycles. The van der Waals surface area contributed by atoms with E-state index in [1.54, 1.807) is 6.34 Å². The van der Waals surface area contributed by atoms with Gasteiger partial charge in [-0.1, -0.05) is 18.2 Å². The fourth-order valence-corrected chi connectivity index (χ4v) is 2.24. The van der Waals surface area contributed by atoms with Gasteiger partial charge in [0.1, 0.15) is 11.9 Å². The molecular weight excluding hydrogens is 188 g/mol. The minimum absolute atomic E-state index is 0.321. The van der Waals surface area contributed by atoms with Gasteiger partial charge in [0.2, 0.25) is 0 Å². The van der Waals surface area contributed by atoms with Gasteiger partial charge >= 0.3 is 0 Å². The average molecular weight is 202 g/mol. The van der Waals surface area contributed by atoms with Crippen LogP contribution in [0.15, 0.2) is 29.3 Å². The maximum Gasteiger partial charge on any atom is 0.123 e. The highest BCUT2D eigenvalue weighted by Gasteiger charge is 2.25. The molecule has 3 heteroatoms. The highest BCUT2D eigenvalue weighted by atomic mass is 16.5. The number of nitrogens with zero attached hydrogens (tertiary/aromatic N) is 1. The SMILES string of the molecule is C1=NCC(CC2Cc3ccccc3O2)N1. The molecule has 2 unspecified atom stereocenters. The average Bonchev–Trinajstić information content (AvgIpc) is 2.86. The summed E-state index contributed by atoms with van der Waals surface area (Å²) in [5, 5.41) is 3.24. The van der Waals surface area contributed by atoms with Crippen LogP contribution in [0.4, 0.5) is 0 Å². The molecule has 0 fully saturated rings. The topological polar surface area (TPSA) is 33.6 Å². The number of para-hydroxylation sites is 1. The first kappa shape index (κ1) is 8.77. The van der Waals surface area contributed by atoms with E-state index >= 15 is 0 Å². The van der Waals surface area contributed by atoms with Crippen LogP contribution in [0.1, 0.15) is 12.0 Å². The third-order valence-corrected chi connectivity index (χ3v) is 2.99. The van der Waals surface area contributed by atoms with Crippen LogP contribution in [0.2, 0.25) is 0 Å². The summed E-state index contributed by atoms with van der Waals surface area (Å²) in [6.45, 7) is 0.885. The van der Waals surface area contributed by atoms with Gasteiger partial charge in [-0.3, -0.25) is 4.99 Å². The summed E-state index contributed by atoms with van der Waals surface area (Å²) in [6.07, 6.45) is 4.19. The molecule has 0 radical (unpaired) electrons. The van der Waals surface area contributed by atoms with E-state index in [1.165, 1.54) is 5.56 Å². The molecule has 0 amide bonds. The van der Waals surface area contributed by atoms with Crippen LogP contribution in [0.3, 0.4) is 0 Å². The Morgan fingerprint density at radius 1 is 1.40 bits per heavy atom. The zero-order chi connectivity index (χ0) is 10.1. The normalized spacial score (nSPS) is 27.2. The number of benzene rings is 1. The molecule has 3 rings (SSSR count). The van der Waals surface area contributed by atoms with E-state index in [1.807, 2.05) is 12.1 Å². The number of ether oxygens (including phenoxy) is 1. The molecule has 0 bridgehead atoms. The molecule has 0 saturated heterocycles. The standard InChI is InChI=1S/C12H14N2O/c1-2-4-12-9(3-1)5-11(15-12)6-10-7-13-8-14-10/h1-4,8,10-11H,5-7H2,(H,13,14). The lowest BCUT2D eigenvalue weighted by molar-refractivity contribution is 0.209. The second kappa shape index (κ2) is 3.57. The second-order valence-electron chi connectivity index (χ2n) is 4.15. The third kappa shape index (κ3) is 1.69. The van der Waals surface area contributed by atoms with Gasteiger partial charge in [-0.2, -0.15) is 0 Å². The van der Waals surface area contributed by atoms with E-state index < -0.39 is 0 Å². The minimum atomic E-state index is 0.321. The molecule has 2 heterocycles. The number of hydrogen-bond acceptors (Lipinski definition) is 3. The van der Waals surface area contributed by atoms with E-state index in [2.05, 4.69) is 22.4 Å². The van der Waals surface area contributed by atoms with E-state index in [9.17, 15) is 0 Å². The number of hydrogen-bond donors (Lipinski definition) is 1. The number of fused-ring (bicyclic) bond motifs is 1. The lowest BCUT2D eigenvalue weighted by atomic mass is 10.0. The Morgan fingerprint density at radius 2 is 2.33 bits per heavy atom. The van der Waals surface area contributed by atoms with Crippen molar-refractivity contribution >= 4 is 6.34 Å². The van der Waals surface area contributed by atoms with E-state index in [4.69, 9.17) is 4.74 Å². The quantitative estimate of drug-likeness (QED) is 0.786. The van der Waals surface area contributed by atoms with E-state index in [0.29, 0.717) is 12.1 Å². The van der Waals surface area contributed by atoms with Crippen molar-refractivity contribution in [3.8, 4) is 5.75 Å². The summed E-state index contributed by atoms with van der Waals surface area (Å²) in [5.41, 5.74) is 1.33. The van der Waals surface area contributed by atoms with E-state index in [-0.39, 0.29) is 0 Å². The van der Waals surface area contributed by atoms with Crippen LogP contribution in [-0.4, -0.2) is 25.0 Å². The predicted octanol–water partition coefficient (Wildman–Crippen LogP) is 1.38. The van der Waals surface area contributed by atoms with Crippen molar-refractivity contribution in [1.82, 2.24) is 5.32 Å². The van der Waals surface area contributed by atoms with Gasteiger partial charge in [0, 0.05) is 12.8 Å². The smallest absolute Gasteiger partial charge is 0.123 e. The van der Waals surface area contributed by atoms with Gasteiger partial charge in [-0.25, -0.2) is 0 Å². The van der Waals surface area contributed by atoms with Crippen molar-refractivity contribution in [3.05, 3.63) is 29.8 Å². The molecule has 0 spiro atoms. The summed E-state index contributed by atoms with van der Waals surface area (Å²) in [5.74, 6) is 1.06.